The Morgan fingerprint density at radius 1 is 1.08 bits per heavy atom. The SMILES string of the molecule is CCN[C@@H](C)C(OCC)OCC. The predicted octanol–water partition coefficient (Wildman–Crippen LogP) is 1.38. The molecule has 0 heterocycles. The second-order valence-electron chi connectivity index (χ2n) is 2.63. The van der Waals surface area contributed by atoms with Crippen LogP contribution in [0.1, 0.15) is 27.7 Å². The summed E-state index contributed by atoms with van der Waals surface area (Å²) >= 11 is 0. The molecule has 0 saturated carbocycles. The van der Waals surface area contributed by atoms with Gasteiger partial charge in [0.2, 0.25) is 0 Å². The van der Waals surface area contributed by atoms with Gasteiger partial charge in [-0.2, -0.15) is 0 Å². The van der Waals surface area contributed by atoms with Gasteiger partial charge in [0.1, 0.15) is 0 Å². The zero-order chi connectivity index (χ0) is 9.40. The molecule has 0 aliphatic carbocycles. The molecule has 0 aliphatic rings. The van der Waals surface area contributed by atoms with Gasteiger partial charge in [-0.3, -0.25) is 0 Å². The van der Waals surface area contributed by atoms with E-state index in [9.17, 15) is 0 Å². The fraction of sp³-hybridized carbons (Fsp3) is 1.00. The lowest BCUT2D eigenvalue weighted by Gasteiger charge is -2.23. The number of hydrogen-bond donors (Lipinski definition) is 1. The monoisotopic (exact) mass is 175 g/mol. The Morgan fingerprint density at radius 2 is 1.58 bits per heavy atom. The molecule has 0 radical (unpaired) electrons. The minimum atomic E-state index is -0.111. The average Bonchev–Trinajstić information content (AvgIpc) is 2.04. The summed E-state index contributed by atoms with van der Waals surface area (Å²) in [6.07, 6.45) is -0.111. The average molecular weight is 175 g/mol. The Kier molecular flexibility index (Phi) is 7.45. The van der Waals surface area contributed by atoms with Gasteiger partial charge in [-0.1, -0.05) is 6.92 Å². The highest BCUT2D eigenvalue weighted by Crippen LogP contribution is 2.01. The van der Waals surface area contributed by atoms with E-state index in [-0.39, 0.29) is 12.3 Å². The van der Waals surface area contributed by atoms with Crippen LogP contribution in [-0.2, 0) is 9.47 Å². The van der Waals surface area contributed by atoms with Gasteiger partial charge in [0.25, 0.3) is 0 Å². The van der Waals surface area contributed by atoms with Gasteiger partial charge < -0.3 is 14.8 Å². The van der Waals surface area contributed by atoms with Crippen molar-refractivity contribution in [2.24, 2.45) is 0 Å². The van der Waals surface area contributed by atoms with E-state index < -0.39 is 0 Å². The van der Waals surface area contributed by atoms with Crippen LogP contribution < -0.4 is 5.32 Å². The topological polar surface area (TPSA) is 30.5 Å². The van der Waals surface area contributed by atoms with Crippen LogP contribution in [0.25, 0.3) is 0 Å². The van der Waals surface area contributed by atoms with Crippen LogP contribution in [0.5, 0.6) is 0 Å². The van der Waals surface area contributed by atoms with Crippen LogP contribution in [-0.4, -0.2) is 32.1 Å². The molecule has 1 N–H and O–H groups in total. The molecular formula is C9H21NO2. The first-order valence-corrected chi connectivity index (χ1v) is 4.72. The summed E-state index contributed by atoms with van der Waals surface area (Å²) < 4.78 is 10.8. The second-order valence-corrected chi connectivity index (χ2v) is 2.63. The van der Waals surface area contributed by atoms with E-state index in [0.29, 0.717) is 13.2 Å². The minimum absolute atomic E-state index is 0.111. The van der Waals surface area contributed by atoms with Crippen molar-refractivity contribution in [3.8, 4) is 0 Å². The van der Waals surface area contributed by atoms with E-state index in [1.54, 1.807) is 0 Å². The van der Waals surface area contributed by atoms with Gasteiger partial charge in [0, 0.05) is 13.2 Å². The lowest BCUT2D eigenvalue weighted by Crippen LogP contribution is -2.40. The first kappa shape index (κ1) is 11.9. The van der Waals surface area contributed by atoms with E-state index >= 15 is 0 Å². The Hall–Kier alpha value is -0.120. The maximum atomic E-state index is 5.41. The molecule has 0 spiro atoms. The highest BCUT2D eigenvalue weighted by atomic mass is 16.7. The largest absolute Gasteiger partial charge is 0.351 e. The smallest absolute Gasteiger partial charge is 0.172 e. The Morgan fingerprint density at radius 3 is 1.92 bits per heavy atom. The van der Waals surface area contributed by atoms with E-state index in [4.69, 9.17) is 9.47 Å². The number of ether oxygens (including phenoxy) is 2. The quantitative estimate of drug-likeness (QED) is 0.593. The molecule has 0 aromatic rings. The third kappa shape index (κ3) is 4.70. The number of nitrogens with one attached hydrogen (secondary N) is 1. The molecule has 3 nitrogen and oxygen atoms in total. The van der Waals surface area contributed by atoms with Crippen molar-refractivity contribution in [2.75, 3.05) is 19.8 Å². The molecule has 0 aromatic carbocycles. The molecule has 0 aliphatic heterocycles. The van der Waals surface area contributed by atoms with Crippen molar-refractivity contribution in [3.05, 3.63) is 0 Å². The lowest BCUT2D eigenvalue weighted by atomic mass is 10.3. The summed E-state index contributed by atoms with van der Waals surface area (Å²) in [7, 11) is 0. The predicted molar refractivity (Wildman–Crippen MR) is 50.2 cm³/mol. The summed E-state index contributed by atoms with van der Waals surface area (Å²) in [6, 6.07) is 0.259. The van der Waals surface area contributed by atoms with Gasteiger partial charge in [0.15, 0.2) is 6.29 Å². The van der Waals surface area contributed by atoms with Crippen LogP contribution in [0.4, 0.5) is 0 Å². The molecule has 0 fully saturated rings. The van der Waals surface area contributed by atoms with Gasteiger partial charge in [0.05, 0.1) is 6.04 Å². The van der Waals surface area contributed by atoms with Crippen molar-refractivity contribution in [1.82, 2.24) is 5.32 Å². The third-order valence-electron chi connectivity index (χ3n) is 1.60. The molecule has 74 valence electrons. The second kappa shape index (κ2) is 7.53. The summed E-state index contributed by atoms with van der Waals surface area (Å²) in [5.74, 6) is 0. The van der Waals surface area contributed by atoms with Gasteiger partial charge in [-0.25, -0.2) is 0 Å². The Balaban J connectivity index is 3.72. The third-order valence-corrected chi connectivity index (χ3v) is 1.60. The van der Waals surface area contributed by atoms with Crippen LogP contribution in [0, 0.1) is 0 Å². The molecule has 0 saturated heterocycles. The molecule has 0 rings (SSSR count). The molecule has 0 bridgehead atoms. The molecule has 1 atom stereocenters. The van der Waals surface area contributed by atoms with Gasteiger partial charge in [-0.15, -0.1) is 0 Å². The van der Waals surface area contributed by atoms with Crippen molar-refractivity contribution >= 4 is 0 Å². The van der Waals surface area contributed by atoms with Crippen molar-refractivity contribution in [3.63, 3.8) is 0 Å². The van der Waals surface area contributed by atoms with Gasteiger partial charge >= 0.3 is 0 Å². The number of likely N-dealkylation sites (N-methyl/N-ethyl adjacent to an activating group) is 1. The van der Waals surface area contributed by atoms with Crippen LogP contribution >= 0.6 is 0 Å². The number of rotatable bonds is 7. The molecule has 0 amide bonds. The van der Waals surface area contributed by atoms with Crippen LogP contribution in [0.3, 0.4) is 0 Å². The molecular weight excluding hydrogens is 154 g/mol. The maximum absolute atomic E-state index is 5.41. The summed E-state index contributed by atoms with van der Waals surface area (Å²) in [6.45, 7) is 10.4. The Labute approximate surface area is 75.4 Å². The normalized spacial score (nSPS) is 13.8. The van der Waals surface area contributed by atoms with Crippen molar-refractivity contribution in [2.45, 2.75) is 40.0 Å². The van der Waals surface area contributed by atoms with Crippen LogP contribution in [0.15, 0.2) is 0 Å². The Bertz CT molecular complexity index is 92.5. The highest BCUT2D eigenvalue weighted by molar-refractivity contribution is 4.63. The summed E-state index contributed by atoms with van der Waals surface area (Å²) in [4.78, 5) is 0. The summed E-state index contributed by atoms with van der Waals surface area (Å²) in [5.41, 5.74) is 0. The van der Waals surface area contributed by atoms with Gasteiger partial charge in [-0.05, 0) is 27.3 Å². The first-order chi connectivity index (χ1) is 5.76. The van der Waals surface area contributed by atoms with Crippen LogP contribution in [0.2, 0.25) is 0 Å². The zero-order valence-electron chi connectivity index (χ0n) is 8.59. The van der Waals surface area contributed by atoms with E-state index in [0.717, 1.165) is 6.54 Å². The summed E-state index contributed by atoms with van der Waals surface area (Å²) in [5, 5.41) is 3.27. The lowest BCUT2D eigenvalue weighted by molar-refractivity contribution is -0.150. The highest BCUT2D eigenvalue weighted by Gasteiger charge is 2.15. The first-order valence-electron chi connectivity index (χ1n) is 4.72. The van der Waals surface area contributed by atoms with Crippen molar-refractivity contribution in [1.29, 1.82) is 0 Å². The van der Waals surface area contributed by atoms with E-state index in [1.165, 1.54) is 0 Å². The molecule has 0 aromatic heterocycles. The standard InChI is InChI=1S/C9H21NO2/c1-5-10-8(4)9(11-6-2)12-7-3/h8-10H,5-7H2,1-4H3/t8-/m0/s1. The number of hydrogen-bond acceptors (Lipinski definition) is 3. The minimum Gasteiger partial charge on any atom is -0.351 e. The maximum Gasteiger partial charge on any atom is 0.172 e. The molecule has 12 heavy (non-hydrogen) atoms. The van der Waals surface area contributed by atoms with E-state index in [2.05, 4.69) is 19.2 Å². The molecule has 3 heteroatoms. The fourth-order valence-electron chi connectivity index (χ4n) is 1.08. The fourth-order valence-corrected chi connectivity index (χ4v) is 1.08. The zero-order valence-corrected chi connectivity index (χ0v) is 8.59. The molecule has 0 unspecified atom stereocenters. The van der Waals surface area contributed by atoms with E-state index in [1.807, 2.05) is 13.8 Å². The van der Waals surface area contributed by atoms with Crippen molar-refractivity contribution < 1.29 is 9.47 Å².